The lowest BCUT2D eigenvalue weighted by Gasteiger charge is -2.14. The molecule has 0 radical (unpaired) electrons. The Kier molecular flexibility index (Phi) is 6.00. The van der Waals surface area contributed by atoms with E-state index >= 15 is 0 Å². The summed E-state index contributed by atoms with van der Waals surface area (Å²) in [5, 5.41) is 0. The van der Waals surface area contributed by atoms with Gasteiger partial charge in [-0.2, -0.15) is 0 Å². The summed E-state index contributed by atoms with van der Waals surface area (Å²) in [7, 11) is -2.48. The molecule has 5 nitrogen and oxygen atoms in total. The fourth-order valence-corrected chi connectivity index (χ4v) is 3.89. The van der Waals surface area contributed by atoms with Gasteiger partial charge in [-0.15, -0.1) is 0 Å². The Balaban J connectivity index is 2.99. The molecule has 8 heteroatoms. The summed E-state index contributed by atoms with van der Waals surface area (Å²) < 4.78 is 49.2. The van der Waals surface area contributed by atoms with E-state index < -0.39 is 19.1 Å². The Labute approximate surface area is 124 Å². The second kappa shape index (κ2) is 6.89. The molecule has 114 valence electrons. The van der Waals surface area contributed by atoms with E-state index in [1.165, 1.54) is 18.2 Å². The highest BCUT2D eigenvalue weighted by Gasteiger charge is 2.19. The van der Waals surface area contributed by atoms with Crippen molar-refractivity contribution in [1.82, 2.24) is 4.72 Å². The standard InChI is InChI=1S/C12H18ClNO4S2/c1-3-4-6-10(2)14-20(17,18)12-8-5-7-11(9-12)19(13,15)16/h5,7-10,14H,3-4,6H2,1-2H3. The van der Waals surface area contributed by atoms with Gasteiger partial charge >= 0.3 is 0 Å². The summed E-state index contributed by atoms with van der Waals surface area (Å²) in [6.45, 7) is 3.80. The maximum atomic E-state index is 12.1. The van der Waals surface area contributed by atoms with Gasteiger partial charge in [0.2, 0.25) is 10.0 Å². The van der Waals surface area contributed by atoms with E-state index in [9.17, 15) is 16.8 Å². The second-order valence-corrected chi connectivity index (χ2v) is 8.86. The molecule has 1 unspecified atom stereocenters. The van der Waals surface area contributed by atoms with Crippen LogP contribution in [0, 0.1) is 0 Å². The van der Waals surface area contributed by atoms with Crippen LogP contribution in [0.15, 0.2) is 34.1 Å². The van der Waals surface area contributed by atoms with E-state index in [1.54, 1.807) is 6.92 Å². The first-order valence-corrected chi connectivity index (χ1v) is 10.0. The Hall–Kier alpha value is -0.630. The zero-order valence-corrected chi connectivity index (χ0v) is 13.7. The van der Waals surface area contributed by atoms with Gasteiger partial charge in [-0.1, -0.05) is 25.8 Å². The maximum absolute atomic E-state index is 12.1. The van der Waals surface area contributed by atoms with Crippen LogP contribution in [0.1, 0.15) is 33.1 Å². The van der Waals surface area contributed by atoms with Gasteiger partial charge < -0.3 is 0 Å². The average Bonchev–Trinajstić information content (AvgIpc) is 2.35. The highest BCUT2D eigenvalue weighted by molar-refractivity contribution is 8.13. The van der Waals surface area contributed by atoms with Gasteiger partial charge in [0.15, 0.2) is 0 Å². The third kappa shape index (κ3) is 5.05. The molecular weight excluding hydrogens is 322 g/mol. The Morgan fingerprint density at radius 1 is 1.20 bits per heavy atom. The minimum atomic E-state index is -3.95. The fraction of sp³-hybridized carbons (Fsp3) is 0.500. The number of unbranched alkanes of at least 4 members (excludes halogenated alkanes) is 1. The summed E-state index contributed by atoms with van der Waals surface area (Å²) in [5.74, 6) is 0. The van der Waals surface area contributed by atoms with Crippen LogP contribution in [-0.4, -0.2) is 22.9 Å². The Bertz CT molecular complexity index is 656. The van der Waals surface area contributed by atoms with Crippen LogP contribution in [0.25, 0.3) is 0 Å². The maximum Gasteiger partial charge on any atom is 0.261 e. The van der Waals surface area contributed by atoms with Gasteiger partial charge in [0.1, 0.15) is 0 Å². The third-order valence-corrected chi connectivity index (χ3v) is 5.68. The monoisotopic (exact) mass is 339 g/mol. The number of benzene rings is 1. The fourth-order valence-electron chi connectivity index (χ4n) is 1.70. The molecule has 1 N–H and O–H groups in total. The quantitative estimate of drug-likeness (QED) is 0.774. The molecule has 0 fully saturated rings. The summed E-state index contributed by atoms with van der Waals surface area (Å²) in [6, 6.07) is 4.77. The van der Waals surface area contributed by atoms with Crippen LogP contribution in [-0.2, 0) is 19.1 Å². The van der Waals surface area contributed by atoms with Crippen LogP contribution in [0.4, 0.5) is 0 Å². The average molecular weight is 340 g/mol. The molecule has 0 aliphatic heterocycles. The van der Waals surface area contributed by atoms with Crippen molar-refractivity contribution in [2.75, 3.05) is 0 Å². The lowest BCUT2D eigenvalue weighted by Crippen LogP contribution is -2.32. The lowest BCUT2D eigenvalue weighted by atomic mass is 10.2. The molecule has 0 aliphatic carbocycles. The van der Waals surface area contributed by atoms with Crippen molar-refractivity contribution in [2.24, 2.45) is 0 Å². The first kappa shape index (κ1) is 17.4. The molecular formula is C12H18ClNO4S2. The van der Waals surface area contributed by atoms with Gasteiger partial charge in [-0.05, 0) is 31.5 Å². The largest absolute Gasteiger partial charge is 0.261 e. The van der Waals surface area contributed by atoms with Crippen molar-refractivity contribution in [3.8, 4) is 0 Å². The topological polar surface area (TPSA) is 80.3 Å². The predicted molar refractivity (Wildman–Crippen MR) is 78.8 cm³/mol. The summed E-state index contributed by atoms with van der Waals surface area (Å²) >= 11 is 0. The summed E-state index contributed by atoms with van der Waals surface area (Å²) in [4.78, 5) is -0.342. The number of sulfonamides is 1. The zero-order chi connectivity index (χ0) is 15.4. The van der Waals surface area contributed by atoms with E-state index in [4.69, 9.17) is 10.7 Å². The van der Waals surface area contributed by atoms with Crippen LogP contribution < -0.4 is 4.72 Å². The van der Waals surface area contributed by atoms with E-state index in [-0.39, 0.29) is 15.8 Å². The van der Waals surface area contributed by atoms with Crippen LogP contribution in [0.3, 0.4) is 0 Å². The van der Waals surface area contributed by atoms with Gasteiger partial charge in [0.05, 0.1) is 9.79 Å². The molecule has 20 heavy (non-hydrogen) atoms. The molecule has 0 saturated heterocycles. The SMILES string of the molecule is CCCCC(C)NS(=O)(=O)c1cccc(S(=O)(=O)Cl)c1. The Morgan fingerprint density at radius 3 is 2.35 bits per heavy atom. The van der Waals surface area contributed by atoms with E-state index in [0.717, 1.165) is 25.3 Å². The zero-order valence-electron chi connectivity index (χ0n) is 11.3. The molecule has 0 saturated carbocycles. The lowest BCUT2D eigenvalue weighted by molar-refractivity contribution is 0.534. The van der Waals surface area contributed by atoms with Crippen molar-refractivity contribution < 1.29 is 16.8 Å². The van der Waals surface area contributed by atoms with Gasteiger partial charge in [-0.3, -0.25) is 0 Å². The Morgan fingerprint density at radius 2 is 1.80 bits per heavy atom. The molecule has 0 heterocycles. The van der Waals surface area contributed by atoms with E-state index in [1.807, 2.05) is 6.92 Å². The number of halogens is 1. The molecule has 1 atom stereocenters. The number of hydrogen-bond acceptors (Lipinski definition) is 4. The third-order valence-electron chi connectivity index (χ3n) is 2.74. The molecule has 0 aromatic heterocycles. The molecule has 1 rings (SSSR count). The van der Waals surface area contributed by atoms with Crippen LogP contribution in [0.2, 0.25) is 0 Å². The smallest absolute Gasteiger partial charge is 0.208 e. The summed E-state index contributed by atoms with van der Waals surface area (Å²) in [5.41, 5.74) is 0. The summed E-state index contributed by atoms with van der Waals surface area (Å²) in [6.07, 6.45) is 2.62. The number of hydrogen-bond donors (Lipinski definition) is 1. The van der Waals surface area contributed by atoms with Crippen LogP contribution >= 0.6 is 10.7 Å². The highest BCUT2D eigenvalue weighted by atomic mass is 35.7. The molecule has 0 spiro atoms. The van der Waals surface area contributed by atoms with Crippen molar-refractivity contribution in [3.05, 3.63) is 24.3 Å². The molecule has 0 aliphatic rings. The van der Waals surface area contributed by atoms with Gasteiger partial charge in [0, 0.05) is 16.7 Å². The molecule has 1 aromatic rings. The van der Waals surface area contributed by atoms with Crippen molar-refractivity contribution in [2.45, 2.75) is 48.9 Å². The molecule has 1 aromatic carbocycles. The van der Waals surface area contributed by atoms with Gasteiger partial charge in [-0.25, -0.2) is 21.6 Å². The highest BCUT2D eigenvalue weighted by Crippen LogP contribution is 2.19. The minimum Gasteiger partial charge on any atom is -0.208 e. The van der Waals surface area contributed by atoms with E-state index in [0.29, 0.717) is 0 Å². The first-order valence-electron chi connectivity index (χ1n) is 6.24. The van der Waals surface area contributed by atoms with Gasteiger partial charge in [0.25, 0.3) is 9.05 Å². The van der Waals surface area contributed by atoms with Crippen molar-refractivity contribution >= 4 is 29.8 Å². The number of rotatable bonds is 7. The van der Waals surface area contributed by atoms with Crippen LogP contribution in [0.5, 0.6) is 0 Å². The molecule has 0 amide bonds. The normalized spacial score (nSPS) is 14.2. The van der Waals surface area contributed by atoms with Crippen molar-refractivity contribution in [1.29, 1.82) is 0 Å². The first-order chi connectivity index (χ1) is 9.16. The number of nitrogens with one attached hydrogen (secondary N) is 1. The van der Waals surface area contributed by atoms with Crippen molar-refractivity contribution in [3.63, 3.8) is 0 Å². The molecule has 0 bridgehead atoms. The van der Waals surface area contributed by atoms with E-state index in [2.05, 4.69) is 4.72 Å². The second-order valence-electron chi connectivity index (χ2n) is 4.58. The minimum absolute atomic E-state index is 0.109. The predicted octanol–water partition coefficient (Wildman–Crippen LogP) is 2.47.